The first kappa shape index (κ1) is 9.32. The van der Waals surface area contributed by atoms with Crippen molar-refractivity contribution in [3.63, 3.8) is 0 Å². The second-order valence-electron chi connectivity index (χ2n) is 3.55. The maximum absolute atomic E-state index is 8.26. The lowest BCUT2D eigenvalue weighted by Gasteiger charge is -2.12. The summed E-state index contributed by atoms with van der Waals surface area (Å²) in [5.74, 6) is 0.252. The van der Waals surface area contributed by atoms with Crippen LogP contribution in [0.2, 0.25) is 0 Å². The molecule has 0 amide bonds. The molecule has 1 aliphatic carbocycles. The summed E-state index contributed by atoms with van der Waals surface area (Å²) < 4.78 is 0. The Hall–Kier alpha value is -0.770. The van der Waals surface area contributed by atoms with Gasteiger partial charge in [-0.3, -0.25) is 0 Å². The Morgan fingerprint density at radius 1 is 1.67 bits per heavy atom. The van der Waals surface area contributed by atoms with Crippen LogP contribution in [-0.4, -0.2) is 24.1 Å². The lowest BCUT2D eigenvalue weighted by Crippen LogP contribution is -2.32. The Bertz CT molecular complexity index is 175. The third-order valence-electron chi connectivity index (χ3n) is 2.64. The van der Waals surface area contributed by atoms with Gasteiger partial charge in [-0.2, -0.15) is 0 Å². The smallest absolute Gasteiger partial charge is 0.153 e. The fourth-order valence-electron chi connectivity index (χ4n) is 1.32. The van der Waals surface area contributed by atoms with Crippen molar-refractivity contribution in [2.24, 2.45) is 16.3 Å². The van der Waals surface area contributed by atoms with E-state index in [-0.39, 0.29) is 5.84 Å². The van der Waals surface area contributed by atoms with Crippen molar-refractivity contribution in [2.75, 3.05) is 13.1 Å². The first-order valence-electron chi connectivity index (χ1n) is 4.39. The molecule has 0 spiro atoms. The Morgan fingerprint density at radius 3 is 2.75 bits per heavy atom. The molecule has 0 radical (unpaired) electrons. The molecule has 0 saturated heterocycles. The molecular formula is C8H17N3O. The quantitative estimate of drug-likeness (QED) is 0.244. The molecule has 0 heterocycles. The van der Waals surface area contributed by atoms with Crippen molar-refractivity contribution in [1.82, 2.24) is 5.32 Å². The van der Waals surface area contributed by atoms with Crippen molar-refractivity contribution >= 4 is 5.84 Å². The van der Waals surface area contributed by atoms with E-state index in [4.69, 9.17) is 10.9 Å². The molecule has 0 aromatic heterocycles. The van der Waals surface area contributed by atoms with Gasteiger partial charge < -0.3 is 16.3 Å². The summed E-state index contributed by atoms with van der Waals surface area (Å²) >= 11 is 0. The molecule has 4 nitrogen and oxygen atoms in total. The van der Waals surface area contributed by atoms with E-state index < -0.39 is 0 Å². The van der Waals surface area contributed by atoms with E-state index in [1.165, 1.54) is 19.3 Å². The van der Waals surface area contributed by atoms with Gasteiger partial charge in [-0.25, -0.2) is 0 Å². The Morgan fingerprint density at radius 2 is 2.33 bits per heavy atom. The van der Waals surface area contributed by atoms with Crippen molar-refractivity contribution in [3.8, 4) is 0 Å². The summed E-state index contributed by atoms with van der Waals surface area (Å²) in [6.07, 6.45) is 3.84. The molecule has 70 valence electrons. The third-order valence-corrected chi connectivity index (χ3v) is 2.64. The van der Waals surface area contributed by atoms with Gasteiger partial charge >= 0.3 is 0 Å². The number of oxime groups is 1. The average Bonchev–Trinajstić information content (AvgIpc) is 2.85. The van der Waals surface area contributed by atoms with E-state index in [2.05, 4.69) is 17.4 Å². The van der Waals surface area contributed by atoms with E-state index in [0.717, 1.165) is 6.54 Å². The average molecular weight is 171 g/mol. The molecule has 0 bridgehead atoms. The van der Waals surface area contributed by atoms with Gasteiger partial charge in [-0.1, -0.05) is 12.1 Å². The largest absolute Gasteiger partial charge is 0.409 e. The Labute approximate surface area is 72.8 Å². The molecule has 1 saturated carbocycles. The van der Waals surface area contributed by atoms with Gasteiger partial charge in [-0.05, 0) is 24.7 Å². The summed E-state index contributed by atoms with van der Waals surface area (Å²) in [4.78, 5) is 0. The van der Waals surface area contributed by atoms with Crippen molar-refractivity contribution in [3.05, 3.63) is 0 Å². The number of hydrogen-bond acceptors (Lipinski definition) is 3. The van der Waals surface area contributed by atoms with Crippen LogP contribution < -0.4 is 11.1 Å². The first-order valence-corrected chi connectivity index (χ1v) is 4.39. The molecular weight excluding hydrogens is 154 g/mol. The summed E-state index contributed by atoms with van der Waals surface area (Å²) in [5.41, 5.74) is 5.83. The molecule has 4 heteroatoms. The van der Waals surface area contributed by atoms with E-state index >= 15 is 0 Å². The van der Waals surface area contributed by atoms with Crippen LogP contribution in [0.4, 0.5) is 0 Å². The molecule has 1 aliphatic rings. The van der Waals surface area contributed by atoms with E-state index in [1.54, 1.807) is 0 Å². The van der Waals surface area contributed by atoms with Crippen LogP contribution in [0.5, 0.6) is 0 Å². The van der Waals surface area contributed by atoms with E-state index in [0.29, 0.717) is 12.0 Å². The lowest BCUT2D eigenvalue weighted by atomic mass is 10.0. The minimum absolute atomic E-state index is 0.252. The van der Waals surface area contributed by atoms with E-state index in [9.17, 15) is 0 Å². The van der Waals surface area contributed by atoms with Gasteiger partial charge in [0.15, 0.2) is 5.84 Å². The number of amidine groups is 1. The first-order chi connectivity index (χ1) is 5.72. The summed E-state index contributed by atoms with van der Waals surface area (Å²) in [5, 5.41) is 14.3. The van der Waals surface area contributed by atoms with Gasteiger partial charge in [0.2, 0.25) is 0 Å². The monoisotopic (exact) mass is 171 g/mol. The predicted molar refractivity (Wildman–Crippen MR) is 48.2 cm³/mol. The zero-order valence-electron chi connectivity index (χ0n) is 7.51. The highest BCUT2D eigenvalue weighted by Crippen LogP contribution is 2.47. The zero-order valence-corrected chi connectivity index (χ0v) is 7.51. The molecule has 0 aromatic carbocycles. The number of hydrogen-bond donors (Lipinski definition) is 3. The maximum Gasteiger partial charge on any atom is 0.153 e. The van der Waals surface area contributed by atoms with Crippen LogP contribution in [-0.2, 0) is 0 Å². The second-order valence-corrected chi connectivity index (χ2v) is 3.55. The number of rotatable bonds is 5. The van der Waals surface area contributed by atoms with Crippen LogP contribution in [0.3, 0.4) is 0 Å². The Kier molecular flexibility index (Phi) is 2.92. The van der Waals surface area contributed by atoms with Gasteiger partial charge in [-0.15, -0.1) is 0 Å². The fourth-order valence-corrected chi connectivity index (χ4v) is 1.32. The summed E-state index contributed by atoms with van der Waals surface area (Å²) in [7, 11) is 0. The van der Waals surface area contributed by atoms with Crippen LogP contribution in [0, 0.1) is 5.41 Å². The van der Waals surface area contributed by atoms with Crippen LogP contribution in [0.1, 0.15) is 26.2 Å². The lowest BCUT2D eigenvalue weighted by molar-refractivity contribution is 0.316. The van der Waals surface area contributed by atoms with Crippen molar-refractivity contribution < 1.29 is 5.21 Å². The standard InChI is InChI=1S/C8H17N3O/c1-2-8(3-4-8)6-10-5-7(9)11-12/h10,12H,2-6H2,1H3,(H2,9,11). The highest BCUT2D eigenvalue weighted by Gasteiger charge is 2.39. The minimum Gasteiger partial charge on any atom is -0.409 e. The number of nitrogens with zero attached hydrogens (tertiary/aromatic N) is 1. The van der Waals surface area contributed by atoms with Gasteiger partial charge in [0.25, 0.3) is 0 Å². The number of nitrogens with one attached hydrogen (secondary N) is 1. The summed E-state index contributed by atoms with van der Waals surface area (Å²) in [6, 6.07) is 0. The molecule has 0 aliphatic heterocycles. The van der Waals surface area contributed by atoms with Crippen LogP contribution in [0.15, 0.2) is 5.16 Å². The highest BCUT2D eigenvalue weighted by atomic mass is 16.4. The third kappa shape index (κ3) is 2.37. The zero-order chi connectivity index (χ0) is 9.03. The molecule has 1 fully saturated rings. The normalized spacial score (nSPS) is 20.9. The maximum atomic E-state index is 8.26. The molecule has 4 N–H and O–H groups in total. The van der Waals surface area contributed by atoms with Crippen LogP contribution >= 0.6 is 0 Å². The predicted octanol–water partition coefficient (Wildman–Crippen LogP) is 0.513. The van der Waals surface area contributed by atoms with Gasteiger partial charge in [0.1, 0.15) is 0 Å². The molecule has 1 rings (SSSR count). The van der Waals surface area contributed by atoms with Crippen molar-refractivity contribution in [1.29, 1.82) is 0 Å². The van der Waals surface area contributed by atoms with Gasteiger partial charge in [0, 0.05) is 6.54 Å². The van der Waals surface area contributed by atoms with Crippen molar-refractivity contribution in [2.45, 2.75) is 26.2 Å². The van der Waals surface area contributed by atoms with Gasteiger partial charge in [0.05, 0.1) is 6.54 Å². The molecule has 0 atom stereocenters. The topological polar surface area (TPSA) is 70.6 Å². The van der Waals surface area contributed by atoms with E-state index in [1.807, 2.05) is 0 Å². The fraction of sp³-hybridized carbons (Fsp3) is 0.875. The molecule has 0 aromatic rings. The SMILES string of the molecule is CCC1(CNCC(N)=NO)CC1. The molecule has 12 heavy (non-hydrogen) atoms. The summed E-state index contributed by atoms with van der Waals surface area (Å²) in [6.45, 7) is 3.68. The second kappa shape index (κ2) is 3.76. The Balaban J connectivity index is 2.10. The molecule has 0 unspecified atom stereocenters. The highest BCUT2D eigenvalue weighted by molar-refractivity contribution is 5.81. The minimum atomic E-state index is 0.252. The number of nitrogens with two attached hydrogens (primary N) is 1. The van der Waals surface area contributed by atoms with Crippen LogP contribution in [0.25, 0.3) is 0 Å².